The molecular formula is C16H28N2S. The number of fused-ring (bicyclic) bond motifs is 1. The first-order valence-corrected chi connectivity index (χ1v) is 8.24. The molecule has 3 heteroatoms. The van der Waals surface area contributed by atoms with Crippen molar-refractivity contribution in [3.63, 3.8) is 0 Å². The number of likely N-dealkylation sites (N-methyl/N-ethyl adjacent to an activating group) is 1. The molecule has 0 saturated carbocycles. The summed E-state index contributed by atoms with van der Waals surface area (Å²) < 4.78 is 0. The summed E-state index contributed by atoms with van der Waals surface area (Å²) >= 11 is 2.03. The van der Waals surface area contributed by atoms with Crippen molar-refractivity contribution in [2.24, 2.45) is 0 Å². The van der Waals surface area contributed by atoms with Gasteiger partial charge in [0.05, 0.1) is 0 Å². The predicted octanol–water partition coefficient (Wildman–Crippen LogP) is 3.62. The van der Waals surface area contributed by atoms with Crippen molar-refractivity contribution in [1.82, 2.24) is 10.2 Å². The van der Waals surface area contributed by atoms with Gasteiger partial charge in [-0.05, 0) is 72.2 Å². The second kappa shape index (κ2) is 5.94. The SMILES string of the molecule is CC(NCC(C)(C)N(C)C)c1cc2c(s1)CCCC2. The minimum absolute atomic E-state index is 0.200. The van der Waals surface area contributed by atoms with Crippen LogP contribution in [0.25, 0.3) is 0 Å². The van der Waals surface area contributed by atoms with Crippen LogP contribution in [0.2, 0.25) is 0 Å². The number of hydrogen-bond acceptors (Lipinski definition) is 3. The van der Waals surface area contributed by atoms with E-state index in [1.54, 1.807) is 10.4 Å². The van der Waals surface area contributed by atoms with Crippen LogP contribution in [-0.4, -0.2) is 31.1 Å². The molecule has 0 bridgehead atoms. The maximum atomic E-state index is 3.70. The Labute approximate surface area is 122 Å². The average molecular weight is 280 g/mol. The van der Waals surface area contributed by atoms with Gasteiger partial charge in [0.25, 0.3) is 0 Å². The van der Waals surface area contributed by atoms with Gasteiger partial charge in [0.2, 0.25) is 0 Å². The number of thiophene rings is 1. The number of nitrogens with one attached hydrogen (secondary N) is 1. The molecule has 1 N–H and O–H groups in total. The standard InChI is InChI=1S/C16H28N2S/c1-12(17-11-16(2,3)18(4)5)15-10-13-8-6-7-9-14(13)19-15/h10,12,17H,6-9,11H2,1-5H3. The quantitative estimate of drug-likeness (QED) is 0.886. The van der Waals surface area contributed by atoms with Crippen molar-refractivity contribution < 1.29 is 0 Å². The maximum absolute atomic E-state index is 3.70. The number of nitrogens with zero attached hydrogens (tertiary/aromatic N) is 1. The molecule has 0 radical (unpaired) electrons. The first-order valence-electron chi connectivity index (χ1n) is 7.42. The van der Waals surface area contributed by atoms with E-state index < -0.39 is 0 Å². The van der Waals surface area contributed by atoms with Gasteiger partial charge in [0.15, 0.2) is 0 Å². The fourth-order valence-corrected chi connectivity index (χ4v) is 3.67. The summed E-state index contributed by atoms with van der Waals surface area (Å²) in [6, 6.07) is 2.91. The summed E-state index contributed by atoms with van der Waals surface area (Å²) in [4.78, 5) is 5.44. The van der Waals surface area contributed by atoms with E-state index in [1.807, 2.05) is 11.3 Å². The van der Waals surface area contributed by atoms with Gasteiger partial charge in [0, 0.05) is 27.9 Å². The minimum atomic E-state index is 0.200. The third-order valence-corrected chi connectivity index (χ3v) is 5.91. The zero-order chi connectivity index (χ0) is 14.0. The molecule has 0 fully saturated rings. The van der Waals surface area contributed by atoms with Gasteiger partial charge in [-0.3, -0.25) is 0 Å². The molecule has 108 valence electrons. The second-order valence-corrected chi connectivity index (χ2v) is 7.78. The van der Waals surface area contributed by atoms with E-state index in [-0.39, 0.29) is 5.54 Å². The molecule has 1 atom stereocenters. The van der Waals surface area contributed by atoms with Gasteiger partial charge in [0.1, 0.15) is 0 Å². The van der Waals surface area contributed by atoms with Gasteiger partial charge in [-0.2, -0.15) is 0 Å². The third-order valence-electron chi connectivity index (χ3n) is 4.49. The van der Waals surface area contributed by atoms with E-state index in [2.05, 4.69) is 51.1 Å². The highest BCUT2D eigenvalue weighted by molar-refractivity contribution is 7.12. The normalized spacial score (nSPS) is 17.6. The lowest BCUT2D eigenvalue weighted by atomic mass is 9.99. The van der Waals surface area contributed by atoms with E-state index >= 15 is 0 Å². The van der Waals surface area contributed by atoms with E-state index in [4.69, 9.17) is 0 Å². The second-order valence-electron chi connectivity index (χ2n) is 6.61. The van der Waals surface area contributed by atoms with Gasteiger partial charge < -0.3 is 10.2 Å². The lowest BCUT2D eigenvalue weighted by Crippen LogP contribution is -2.47. The summed E-state index contributed by atoms with van der Waals surface area (Å²) in [7, 11) is 4.30. The molecular weight excluding hydrogens is 252 g/mol. The summed E-state index contributed by atoms with van der Waals surface area (Å²) in [6.07, 6.45) is 5.35. The van der Waals surface area contributed by atoms with Gasteiger partial charge in [-0.25, -0.2) is 0 Å². The van der Waals surface area contributed by atoms with Crippen LogP contribution in [-0.2, 0) is 12.8 Å². The molecule has 2 rings (SSSR count). The Bertz CT molecular complexity index is 397. The first kappa shape index (κ1) is 15.0. The highest BCUT2D eigenvalue weighted by atomic mass is 32.1. The molecule has 1 heterocycles. The average Bonchev–Trinajstić information content (AvgIpc) is 2.79. The number of hydrogen-bond donors (Lipinski definition) is 1. The van der Waals surface area contributed by atoms with Crippen molar-refractivity contribution in [1.29, 1.82) is 0 Å². The van der Waals surface area contributed by atoms with Crippen LogP contribution >= 0.6 is 11.3 Å². The van der Waals surface area contributed by atoms with Gasteiger partial charge >= 0.3 is 0 Å². The molecule has 0 spiro atoms. The molecule has 0 aliphatic heterocycles. The van der Waals surface area contributed by atoms with E-state index in [0.717, 1.165) is 6.54 Å². The predicted molar refractivity (Wildman–Crippen MR) is 85.1 cm³/mol. The number of rotatable bonds is 5. The molecule has 1 aliphatic rings. The Morgan fingerprint density at radius 2 is 2.00 bits per heavy atom. The van der Waals surface area contributed by atoms with Crippen LogP contribution in [0.4, 0.5) is 0 Å². The number of aryl methyl sites for hydroxylation is 2. The van der Waals surface area contributed by atoms with Crippen LogP contribution in [0.5, 0.6) is 0 Å². The van der Waals surface area contributed by atoms with Gasteiger partial charge in [-0.15, -0.1) is 11.3 Å². The van der Waals surface area contributed by atoms with Crippen LogP contribution in [0.1, 0.15) is 55.0 Å². The molecule has 1 aromatic rings. The lowest BCUT2D eigenvalue weighted by Gasteiger charge is -2.33. The molecule has 19 heavy (non-hydrogen) atoms. The minimum Gasteiger partial charge on any atom is -0.308 e. The Balaban J connectivity index is 1.96. The van der Waals surface area contributed by atoms with Crippen molar-refractivity contribution >= 4 is 11.3 Å². The van der Waals surface area contributed by atoms with Crippen molar-refractivity contribution in [3.8, 4) is 0 Å². The van der Waals surface area contributed by atoms with Crippen LogP contribution in [0, 0.1) is 0 Å². The van der Waals surface area contributed by atoms with Crippen LogP contribution in [0.15, 0.2) is 6.07 Å². The Morgan fingerprint density at radius 1 is 1.32 bits per heavy atom. The molecule has 1 unspecified atom stereocenters. The summed E-state index contributed by atoms with van der Waals surface area (Å²) in [5, 5.41) is 3.70. The van der Waals surface area contributed by atoms with Crippen LogP contribution in [0.3, 0.4) is 0 Å². The molecule has 1 aliphatic carbocycles. The van der Waals surface area contributed by atoms with Crippen molar-refractivity contribution in [2.75, 3.05) is 20.6 Å². The molecule has 1 aromatic heterocycles. The third kappa shape index (κ3) is 3.59. The lowest BCUT2D eigenvalue weighted by molar-refractivity contribution is 0.185. The highest BCUT2D eigenvalue weighted by Gasteiger charge is 2.22. The first-order chi connectivity index (χ1) is 8.90. The molecule has 0 saturated heterocycles. The monoisotopic (exact) mass is 280 g/mol. The fourth-order valence-electron chi connectivity index (χ4n) is 2.39. The van der Waals surface area contributed by atoms with E-state index in [1.165, 1.54) is 30.6 Å². The van der Waals surface area contributed by atoms with E-state index in [0.29, 0.717) is 6.04 Å². The zero-order valence-electron chi connectivity index (χ0n) is 13.0. The maximum Gasteiger partial charge on any atom is 0.0386 e. The van der Waals surface area contributed by atoms with Gasteiger partial charge in [-0.1, -0.05) is 0 Å². The zero-order valence-corrected chi connectivity index (χ0v) is 13.9. The Morgan fingerprint density at radius 3 is 2.63 bits per heavy atom. The van der Waals surface area contributed by atoms with E-state index in [9.17, 15) is 0 Å². The summed E-state index contributed by atoms with van der Waals surface area (Å²) in [5.74, 6) is 0. The summed E-state index contributed by atoms with van der Waals surface area (Å²) in [5.41, 5.74) is 1.82. The van der Waals surface area contributed by atoms with Crippen LogP contribution < -0.4 is 5.32 Å². The van der Waals surface area contributed by atoms with Crippen molar-refractivity contribution in [2.45, 2.75) is 58.0 Å². The molecule has 0 aromatic carbocycles. The Kier molecular flexibility index (Phi) is 4.70. The van der Waals surface area contributed by atoms with Crippen molar-refractivity contribution in [3.05, 3.63) is 21.4 Å². The topological polar surface area (TPSA) is 15.3 Å². The summed E-state index contributed by atoms with van der Waals surface area (Å²) in [6.45, 7) is 7.88. The molecule has 0 amide bonds. The largest absolute Gasteiger partial charge is 0.308 e. The smallest absolute Gasteiger partial charge is 0.0386 e. The highest BCUT2D eigenvalue weighted by Crippen LogP contribution is 2.32. The molecule has 2 nitrogen and oxygen atoms in total. The Hall–Kier alpha value is -0.380. The fraction of sp³-hybridized carbons (Fsp3) is 0.750.